The van der Waals surface area contributed by atoms with Crippen molar-refractivity contribution in [1.29, 1.82) is 0 Å². The smallest absolute Gasteiger partial charge is 0.340 e. The first-order valence-corrected chi connectivity index (χ1v) is 4.76. The molecule has 1 spiro atoms. The maximum Gasteiger partial charge on any atom is 0.340 e. The van der Waals surface area contributed by atoms with Gasteiger partial charge < -0.3 is 4.74 Å². The summed E-state index contributed by atoms with van der Waals surface area (Å²) >= 11 is 0. The van der Waals surface area contributed by atoms with Crippen molar-refractivity contribution in [2.24, 2.45) is 4.99 Å². The van der Waals surface area contributed by atoms with Crippen molar-refractivity contribution in [3.8, 4) is 0 Å². The van der Waals surface area contributed by atoms with E-state index in [0.717, 1.165) is 0 Å². The number of H-pyrrole nitrogens is 1. The van der Waals surface area contributed by atoms with Crippen LogP contribution in [0, 0.1) is 0 Å². The average molecular weight is 227 g/mol. The highest BCUT2D eigenvalue weighted by atomic mass is 19.3. The molecule has 0 saturated heterocycles. The summed E-state index contributed by atoms with van der Waals surface area (Å²) < 4.78 is 30.0. The quantitative estimate of drug-likeness (QED) is 0.771. The lowest BCUT2D eigenvalue weighted by atomic mass is 10.2. The van der Waals surface area contributed by atoms with Crippen LogP contribution in [-0.4, -0.2) is 27.6 Å². The van der Waals surface area contributed by atoms with Gasteiger partial charge in [0.2, 0.25) is 5.90 Å². The number of aromatic amines is 1. The van der Waals surface area contributed by atoms with Crippen LogP contribution in [0.5, 0.6) is 0 Å². The summed E-state index contributed by atoms with van der Waals surface area (Å²) in [5.41, 5.74) is -1.09. The molecule has 84 valence electrons. The Morgan fingerprint density at radius 3 is 2.81 bits per heavy atom. The van der Waals surface area contributed by atoms with Crippen molar-refractivity contribution in [2.75, 3.05) is 0 Å². The number of cyclic esters (lactones) is 1. The minimum Gasteiger partial charge on any atom is -0.405 e. The van der Waals surface area contributed by atoms with E-state index < -0.39 is 17.9 Å². The Kier molecular flexibility index (Phi) is 1.69. The van der Waals surface area contributed by atoms with Crippen LogP contribution in [0.2, 0.25) is 0 Å². The number of halogens is 2. The van der Waals surface area contributed by atoms with E-state index >= 15 is 0 Å². The molecular formula is C9H7F2N3O2. The molecule has 1 aromatic rings. The topological polar surface area (TPSA) is 67.3 Å². The van der Waals surface area contributed by atoms with Crippen LogP contribution in [0.1, 0.15) is 30.5 Å². The normalized spacial score (nSPS) is 21.4. The van der Waals surface area contributed by atoms with Gasteiger partial charge in [0.25, 0.3) is 6.43 Å². The molecule has 0 radical (unpaired) electrons. The summed E-state index contributed by atoms with van der Waals surface area (Å²) in [5.74, 6) is -0.504. The van der Waals surface area contributed by atoms with Gasteiger partial charge in [-0.15, -0.1) is 0 Å². The van der Waals surface area contributed by atoms with Gasteiger partial charge in [0.05, 0.1) is 11.8 Å². The molecule has 1 aliphatic carbocycles. The van der Waals surface area contributed by atoms with Gasteiger partial charge >= 0.3 is 5.97 Å². The summed E-state index contributed by atoms with van der Waals surface area (Å²) in [6.45, 7) is 0. The highest BCUT2D eigenvalue weighted by molar-refractivity contribution is 6.09. The fraction of sp³-hybridized carbons (Fsp3) is 0.444. The van der Waals surface area contributed by atoms with E-state index in [1.807, 2.05) is 0 Å². The number of hydrogen-bond donors (Lipinski definition) is 1. The van der Waals surface area contributed by atoms with E-state index in [2.05, 4.69) is 15.2 Å². The number of rotatable bonds is 2. The molecule has 1 aliphatic heterocycles. The van der Waals surface area contributed by atoms with Gasteiger partial charge in [-0.05, 0) is 12.8 Å². The van der Waals surface area contributed by atoms with E-state index in [0.29, 0.717) is 12.8 Å². The summed E-state index contributed by atoms with van der Waals surface area (Å²) in [5, 5.41) is 5.68. The summed E-state index contributed by atoms with van der Waals surface area (Å²) in [6.07, 6.45) is -0.265. The zero-order chi connectivity index (χ0) is 11.3. The van der Waals surface area contributed by atoms with Crippen LogP contribution in [0.3, 0.4) is 0 Å². The third-order valence-corrected chi connectivity index (χ3v) is 2.73. The number of carbonyl (C=O) groups is 1. The molecular weight excluding hydrogens is 220 g/mol. The molecule has 3 rings (SSSR count). The second-order valence-corrected chi connectivity index (χ2v) is 3.84. The Bertz CT molecular complexity index is 491. The molecule has 0 bridgehead atoms. The summed E-state index contributed by atoms with van der Waals surface area (Å²) in [4.78, 5) is 15.4. The second-order valence-electron chi connectivity index (χ2n) is 3.84. The molecule has 0 atom stereocenters. The summed E-state index contributed by atoms with van der Waals surface area (Å²) in [6, 6.07) is 0. The fourth-order valence-corrected chi connectivity index (χ4v) is 1.63. The van der Waals surface area contributed by atoms with Crippen LogP contribution in [0.25, 0.3) is 0 Å². The Morgan fingerprint density at radius 1 is 1.50 bits per heavy atom. The minimum atomic E-state index is -2.70. The molecule has 2 heterocycles. The number of esters is 1. The number of alkyl halides is 2. The van der Waals surface area contributed by atoms with Gasteiger partial charge in [-0.3, -0.25) is 5.10 Å². The number of nitrogens with one attached hydrogen (secondary N) is 1. The minimum absolute atomic E-state index is 0.0495. The highest BCUT2D eigenvalue weighted by Gasteiger charge is 2.56. The van der Waals surface area contributed by atoms with E-state index in [4.69, 9.17) is 4.74 Å². The molecule has 2 aliphatic rings. The van der Waals surface area contributed by atoms with Crippen molar-refractivity contribution < 1.29 is 18.3 Å². The molecule has 5 nitrogen and oxygen atoms in total. The Morgan fingerprint density at radius 2 is 2.25 bits per heavy atom. The third kappa shape index (κ3) is 1.17. The number of aliphatic imine (C=N–C) groups is 1. The molecule has 7 heteroatoms. The summed E-state index contributed by atoms with van der Waals surface area (Å²) in [7, 11) is 0. The third-order valence-electron chi connectivity index (χ3n) is 2.73. The first-order chi connectivity index (χ1) is 7.62. The number of aromatic nitrogens is 2. The molecule has 1 fully saturated rings. The van der Waals surface area contributed by atoms with E-state index in [1.54, 1.807) is 0 Å². The number of nitrogens with zero attached hydrogens (tertiary/aromatic N) is 2. The highest BCUT2D eigenvalue weighted by Crippen LogP contribution is 2.45. The van der Waals surface area contributed by atoms with Crippen LogP contribution in [0.4, 0.5) is 8.78 Å². The molecule has 1 saturated carbocycles. The lowest BCUT2D eigenvalue weighted by Gasteiger charge is -1.99. The second kappa shape index (κ2) is 2.87. The van der Waals surface area contributed by atoms with E-state index in [9.17, 15) is 13.6 Å². The van der Waals surface area contributed by atoms with E-state index in [-0.39, 0.29) is 17.2 Å². The predicted molar refractivity (Wildman–Crippen MR) is 48.1 cm³/mol. The maximum absolute atomic E-state index is 12.6. The van der Waals surface area contributed by atoms with Crippen LogP contribution in [0.15, 0.2) is 11.2 Å². The molecule has 0 aromatic carbocycles. The van der Waals surface area contributed by atoms with Gasteiger partial charge in [0, 0.05) is 0 Å². The average Bonchev–Trinajstić information content (AvgIpc) is 2.74. The molecule has 0 amide bonds. The van der Waals surface area contributed by atoms with Gasteiger partial charge in [-0.1, -0.05) is 0 Å². The van der Waals surface area contributed by atoms with Crippen LogP contribution >= 0.6 is 0 Å². The van der Waals surface area contributed by atoms with Crippen molar-refractivity contribution >= 4 is 11.9 Å². The number of hydrogen-bond acceptors (Lipinski definition) is 4. The van der Waals surface area contributed by atoms with Crippen LogP contribution < -0.4 is 0 Å². The van der Waals surface area contributed by atoms with Crippen molar-refractivity contribution in [2.45, 2.75) is 24.8 Å². The molecule has 0 unspecified atom stereocenters. The van der Waals surface area contributed by atoms with Crippen LogP contribution in [-0.2, 0) is 9.53 Å². The first kappa shape index (κ1) is 9.44. The van der Waals surface area contributed by atoms with Gasteiger partial charge in [-0.25, -0.2) is 18.6 Å². The zero-order valence-corrected chi connectivity index (χ0v) is 8.04. The Labute approximate surface area is 88.5 Å². The zero-order valence-electron chi connectivity index (χ0n) is 8.04. The lowest BCUT2D eigenvalue weighted by Crippen LogP contribution is -2.15. The van der Waals surface area contributed by atoms with Gasteiger partial charge in [-0.2, -0.15) is 5.10 Å². The monoisotopic (exact) mass is 227 g/mol. The predicted octanol–water partition coefficient (Wildman–Crippen LogP) is 1.18. The number of carbonyl (C=O) groups excluding carboxylic acids is 1. The SMILES string of the molecule is O=C1OC(c2cn[nH]c2C(F)F)=NC12CC2. The fourth-order valence-electron chi connectivity index (χ4n) is 1.63. The Hall–Kier alpha value is -1.79. The molecule has 16 heavy (non-hydrogen) atoms. The number of ether oxygens (including phenoxy) is 1. The standard InChI is InChI=1S/C9H7F2N3O2/c10-6(11)5-4(3-12-14-5)7-13-9(1-2-9)8(15)16-7/h3,6H,1-2H2,(H,12,14). The largest absolute Gasteiger partial charge is 0.405 e. The van der Waals surface area contributed by atoms with Crippen molar-refractivity contribution in [3.05, 3.63) is 17.5 Å². The van der Waals surface area contributed by atoms with Crippen molar-refractivity contribution in [1.82, 2.24) is 10.2 Å². The molecule has 1 aromatic heterocycles. The van der Waals surface area contributed by atoms with Gasteiger partial charge in [0.1, 0.15) is 5.69 Å². The lowest BCUT2D eigenvalue weighted by molar-refractivity contribution is -0.135. The maximum atomic E-state index is 12.6. The Balaban J connectivity index is 1.99. The van der Waals surface area contributed by atoms with E-state index in [1.165, 1.54) is 6.20 Å². The molecule has 1 N–H and O–H groups in total. The van der Waals surface area contributed by atoms with Gasteiger partial charge in [0.15, 0.2) is 5.54 Å². The first-order valence-electron chi connectivity index (χ1n) is 4.76. The van der Waals surface area contributed by atoms with Crippen molar-refractivity contribution in [3.63, 3.8) is 0 Å².